The van der Waals surface area contributed by atoms with E-state index in [0.717, 1.165) is 12.0 Å². The van der Waals surface area contributed by atoms with Crippen LogP contribution in [0.2, 0.25) is 0 Å². The van der Waals surface area contributed by atoms with Crippen LogP contribution in [-0.4, -0.2) is 51.3 Å². The van der Waals surface area contributed by atoms with E-state index in [-0.39, 0.29) is 17.5 Å². The van der Waals surface area contributed by atoms with E-state index >= 15 is 0 Å². The van der Waals surface area contributed by atoms with Gasteiger partial charge in [-0.3, -0.25) is 18.9 Å². The molecular weight excluding hydrogens is 496 g/mol. The fourth-order valence-electron chi connectivity index (χ4n) is 3.78. The van der Waals surface area contributed by atoms with Crippen LogP contribution in [0.15, 0.2) is 52.3 Å². The minimum atomic E-state index is -0.248. The molecule has 1 amide bonds. The molecular formula is C26H28N4O4S2. The molecule has 0 radical (unpaired) electrons. The van der Waals surface area contributed by atoms with Crippen LogP contribution in [0.4, 0.5) is 5.82 Å². The van der Waals surface area contributed by atoms with Gasteiger partial charge in [0.05, 0.1) is 24.7 Å². The number of fused-ring (bicyclic) bond motifs is 1. The molecule has 0 spiro atoms. The van der Waals surface area contributed by atoms with E-state index in [4.69, 9.17) is 21.7 Å². The molecule has 1 saturated heterocycles. The normalized spacial score (nSPS) is 15.6. The summed E-state index contributed by atoms with van der Waals surface area (Å²) in [5.41, 5.74) is 1.61. The van der Waals surface area contributed by atoms with Crippen molar-refractivity contribution >= 4 is 51.7 Å². The number of nitrogens with one attached hydrogen (secondary N) is 1. The third kappa shape index (κ3) is 5.24. The predicted octanol–water partition coefficient (Wildman–Crippen LogP) is 4.37. The van der Waals surface area contributed by atoms with Gasteiger partial charge < -0.3 is 14.8 Å². The second-order valence-corrected chi connectivity index (χ2v) is 10.0. The van der Waals surface area contributed by atoms with Gasteiger partial charge in [-0.05, 0) is 55.7 Å². The Morgan fingerprint density at radius 3 is 2.67 bits per heavy atom. The average molecular weight is 525 g/mol. The second-order valence-electron chi connectivity index (χ2n) is 8.33. The highest BCUT2D eigenvalue weighted by Crippen LogP contribution is 2.34. The van der Waals surface area contributed by atoms with Crippen LogP contribution in [-0.2, 0) is 11.2 Å². The first-order chi connectivity index (χ1) is 17.4. The summed E-state index contributed by atoms with van der Waals surface area (Å²) in [6, 6.07) is 11.1. The summed E-state index contributed by atoms with van der Waals surface area (Å²) in [6.45, 7) is 4.48. The lowest BCUT2D eigenvalue weighted by Gasteiger charge is -2.16. The molecule has 3 aromatic rings. The molecule has 1 N–H and O–H groups in total. The number of hydrogen-bond acceptors (Lipinski definition) is 8. The van der Waals surface area contributed by atoms with E-state index in [0.29, 0.717) is 50.7 Å². The molecule has 8 nitrogen and oxygen atoms in total. The minimum absolute atomic E-state index is 0.103. The Hall–Kier alpha value is -3.37. The first-order valence-electron chi connectivity index (χ1n) is 11.6. The Bertz CT molecular complexity index is 1400. The van der Waals surface area contributed by atoms with E-state index in [1.807, 2.05) is 31.2 Å². The molecule has 0 aliphatic carbocycles. The predicted molar refractivity (Wildman–Crippen MR) is 148 cm³/mol. The van der Waals surface area contributed by atoms with E-state index < -0.39 is 0 Å². The van der Waals surface area contributed by atoms with Crippen LogP contribution < -0.4 is 20.3 Å². The first-order valence-corrected chi connectivity index (χ1v) is 12.8. The van der Waals surface area contributed by atoms with Gasteiger partial charge in [0.25, 0.3) is 11.5 Å². The number of amides is 1. The van der Waals surface area contributed by atoms with E-state index in [1.54, 1.807) is 43.5 Å². The Morgan fingerprint density at radius 2 is 1.94 bits per heavy atom. The van der Waals surface area contributed by atoms with Gasteiger partial charge in [-0.15, -0.1) is 0 Å². The number of ether oxygens (including phenoxy) is 2. The third-order valence-electron chi connectivity index (χ3n) is 5.99. The molecule has 1 aliphatic rings. The molecule has 1 unspecified atom stereocenters. The van der Waals surface area contributed by atoms with Crippen molar-refractivity contribution in [3.63, 3.8) is 0 Å². The molecule has 10 heteroatoms. The Balaban J connectivity index is 1.62. The second kappa shape index (κ2) is 11.1. The highest BCUT2D eigenvalue weighted by molar-refractivity contribution is 8.26. The molecule has 2 aromatic heterocycles. The number of hydrogen-bond donors (Lipinski definition) is 1. The minimum Gasteiger partial charge on any atom is -0.493 e. The SMILES string of the molecule is CCC(C)Nc1nc2ccccn2c(=O)c1/C=C1\SC(=S)N(CCc2ccc(OC)c(OC)c2)C1=O. The van der Waals surface area contributed by atoms with Gasteiger partial charge in [-0.25, -0.2) is 4.98 Å². The fraction of sp³-hybridized carbons (Fsp3) is 0.308. The van der Waals surface area contributed by atoms with Crippen molar-refractivity contribution in [3.05, 3.63) is 69.0 Å². The van der Waals surface area contributed by atoms with Crippen molar-refractivity contribution in [1.82, 2.24) is 14.3 Å². The zero-order chi connectivity index (χ0) is 25.8. The number of benzene rings is 1. The molecule has 188 valence electrons. The largest absolute Gasteiger partial charge is 0.493 e. The number of nitrogens with zero attached hydrogens (tertiary/aromatic N) is 3. The number of anilines is 1. The van der Waals surface area contributed by atoms with Gasteiger partial charge in [0.2, 0.25) is 0 Å². The molecule has 3 heterocycles. The third-order valence-corrected chi connectivity index (χ3v) is 7.36. The van der Waals surface area contributed by atoms with Crippen molar-refractivity contribution < 1.29 is 14.3 Å². The Morgan fingerprint density at radius 1 is 1.17 bits per heavy atom. The summed E-state index contributed by atoms with van der Waals surface area (Å²) in [4.78, 5) is 33.3. The topological polar surface area (TPSA) is 85.2 Å². The summed E-state index contributed by atoms with van der Waals surface area (Å²) in [5.74, 6) is 1.51. The van der Waals surface area contributed by atoms with Crippen molar-refractivity contribution in [2.75, 3.05) is 26.1 Å². The maximum Gasteiger partial charge on any atom is 0.267 e. The number of pyridine rings is 1. The maximum absolute atomic E-state index is 13.3. The summed E-state index contributed by atoms with van der Waals surface area (Å²) in [5, 5.41) is 3.31. The van der Waals surface area contributed by atoms with Crippen LogP contribution in [0.25, 0.3) is 11.7 Å². The lowest BCUT2D eigenvalue weighted by molar-refractivity contribution is -0.122. The maximum atomic E-state index is 13.3. The average Bonchev–Trinajstić information content (AvgIpc) is 3.16. The van der Waals surface area contributed by atoms with E-state index in [9.17, 15) is 9.59 Å². The molecule has 1 fully saturated rings. The molecule has 36 heavy (non-hydrogen) atoms. The standard InChI is InChI=1S/C26H28N4O4S2/c1-5-16(2)27-23-18(24(31)29-12-7-6-8-22(29)28-23)15-21-25(32)30(26(35)36-21)13-11-17-9-10-19(33-3)20(14-17)34-4/h6-10,12,14-16,27H,5,11,13H2,1-4H3/b21-15-. The van der Waals surface area contributed by atoms with Gasteiger partial charge in [-0.2, -0.15) is 0 Å². The van der Waals surface area contributed by atoms with E-state index in [2.05, 4.69) is 17.2 Å². The van der Waals surface area contributed by atoms with Crippen molar-refractivity contribution in [2.45, 2.75) is 32.7 Å². The summed E-state index contributed by atoms with van der Waals surface area (Å²) >= 11 is 6.71. The van der Waals surface area contributed by atoms with Crippen LogP contribution >= 0.6 is 24.0 Å². The molecule has 1 atom stereocenters. The van der Waals surface area contributed by atoms with Crippen LogP contribution in [0, 0.1) is 0 Å². The Kier molecular flexibility index (Phi) is 7.95. The van der Waals surface area contributed by atoms with Gasteiger partial charge in [0.15, 0.2) is 11.5 Å². The van der Waals surface area contributed by atoms with Crippen LogP contribution in [0.5, 0.6) is 11.5 Å². The van der Waals surface area contributed by atoms with Crippen molar-refractivity contribution in [2.24, 2.45) is 0 Å². The van der Waals surface area contributed by atoms with Gasteiger partial charge in [0, 0.05) is 18.8 Å². The van der Waals surface area contributed by atoms with Crippen LogP contribution in [0.1, 0.15) is 31.4 Å². The van der Waals surface area contributed by atoms with Crippen LogP contribution in [0.3, 0.4) is 0 Å². The number of rotatable bonds is 9. The number of aromatic nitrogens is 2. The monoisotopic (exact) mass is 524 g/mol. The summed E-state index contributed by atoms with van der Waals surface area (Å²) in [6.07, 6.45) is 4.72. The quantitative estimate of drug-likeness (QED) is 0.326. The molecule has 1 aromatic carbocycles. The number of thiocarbonyl (C=S) groups is 1. The van der Waals surface area contributed by atoms with Crippen molar-refractivity contribution in [3.8, 4) is 11.5 Å². The molecule has 0 saturated carbocycles. The highest BCUT2D eigenvalue weighted by atomic mass is 32.2. The lowest BCUT2D eigenvalue weighted by atomic mass is 10.1. The fourth-order valence-corrected chi connectivity index (χ4v) is 5.07. The van der Waals surface area contributed by atoms with Gasteiger partial charge in [-0.1, -0.05) is 43.0 Å². The molecule has 1 aliphatic heterocycles. The first kappa shape index (κ1) is 25.7. The number of carbonyl (C=O) groups is 1. The highest BCUT2D eigenvalue weighted by Gasteiger charge is 2.32. The lowest BCUT2D eigenvalue weighted by Crippen LogP contribution is -2.30. The summed E-state index contributed by atoms with van der Waals surface area (Å²) < 4.78 is 12.6. The number of methoxy groups -OCH3 is 2. The smallest absolute Gasteiger partial charge is 0.267 e. The molecule has 0 bridgehead atoms. The Labute approximate surface area is 219 Å². The zero-order valence-corrected chi connectivity index (χ0v) is 22.2. The van der Waals surface area contributed by atoms with Gasteiger partial charge in [0.1, 0.15) is 15.8 Å². The summed E-state index contributed by atoms with van der Waals surface area (Å²) in [7, 11) is 3.17. The van der Waals surface area contributed by atoms with Gasteiger partial charge >= 0.3 is 0 Å². The number of carbonyl (C=O) groups excluding carboxylic acids is 1. The molecule has 4 rings (SSSR count). The van der Waals surface area contributed by atoms with Crippen molar-refractivity contribution in [1.29, 1.82) is 0 Å². The number of thioether (sulfide) groups is 1. The van der Waals surface area contributed by atoms with E-state index in [1.165, 1.54) is 16.2 Å². The zero-order valence-electron chi connectivity index (χ0n) is 20.6.